The molecule has 2 unspecified atom stereocenters. The number of carbonyl (C=O) groups excluding carboxylic acids is 1. The number of halogens is 3. The number of amides is 1. The van der Waals surface area contributed by atoms with Gasteiger partial charge in [-0.15, -0.1) is 0 Å². The zero-order valence-electron chi connectivity index (χ0n) is 16.3. The molecule has 2 heterocycles. The first-order chi connectivity index (χ1) is 14.3. The van der Waals surface area contributed by atoms with Crippen LogP contribution in [-0.2, 0) is 18.3 Å². The van der Waals surface area contributed by atoms with Crippen molar-refractivity contribution in [3.63, 3.8) is 0 Å². The third kappa shape index (κ3) is 4.72. The number of pyridine rings is 1. The lowest BCUT2D eigenvalue weighted by molar-refractivity contribution is -0.154. The van der Waals surface area contributed by atoms with Gasteiger partial charge in [0.2, 0.25) is 11.8 Å². The van der Waals surface area contributed by atoms with Crippen LogP contribution < -0.4 is 10.1 Å². The van der Waals surface area contributed by atoms with Crippen molar-refractivity contribution in [1.29, 1.82) is 0 Å². The quantitative estimate of drug-likeness (QED) is 0.639. The van der Waals surface area contributed by atoms with Gasteiger partial charge in [-0.25, -0.2) is 4.98 Å². The van der Waals surface area contributed by atoms with Crippen molar-refractivity contribution >= 4 is 16.8 Å². The summed E-state index contributed by atoms with van der Waals surface area (Å²) in [4.78, 5) is 16.3. The molecule has 3 aromatic rings. The Labute approximate surface area is 171 Å². The van der Waals surface area contributed by atoms with Crippen molar-refractivity contribution in [1.82, 2.24) is 20.1 Å². The molecule has 1 aliphatic rings. The van der Waals surface area contributed by atoms with E-state index < -0.39 is 12.8 Å². The van der Waals surface area contributed by atoms with Crippen LogP contribution in [-0.4, -0.2) is 40.0 Å². The molecule has 0 bridgehead atoms. The summed E-state index contributed by atoms with van der Waals surface area (Å²) in [5.41, 5.74) is 3.00. The van der Waals surface area contributed by atoms with Crippen LogP contribution in [0.1, 0.15) is 23.5 Å². The monoisotopic (exact) mass is 418 g/mol. The van der Waals surface area contributed by atoms with Gasteiger partial charge in [0.15, 0.2) is 6.61 Å². The highest BCUT2D eigenvalue weighted by atomic mass is 19.4. The topological polar surface area (TPSA) is 69.0 Å². The zero-order valence-corrected chi connectivity index (χ0v) is 16.3. The number of carbonyl (C=O) groups is 1. The van der Waals surface area contributed by atoms with E-state index in [0.717, 1.165) is 28.5 Å². The predicted octanol–water partition coefficient (Wildman–Crippen LogP) is 3.37. The first-order valence-corrected chi connectivity index (χ1v) is 9.64. The largest absolute Gasteiger partial charge is 0.468 e. The minimum Gasteiger partial charge on any atom is -0.468 e. The molecule has 1 N–H and O–H groups in total. The van der Waals surface area contributed by atoms with Crippen molar-refractivity contribution in [2.75, 3.05) is 13.2 Å². The number of aryl methyl sites for hydroxylation is 1. The molecular formula is C21H21F3N4O2. The van der Waals surface area contributed by atoms with Crippen LogP contribution in [0.15, 0.2) is 42.7 Å². The second kappa shape index (κ2) is 7.97. The van der Waals surface area contributed by atoms with Gasteiger partial charge in [-0.2, -0.15) is 18.3 Å². The van der Waals surface area contributed by atoms with E-state index in [1.54, 1.807) is 6.07 Å². The zero-order chi connectivity index (χ0) is 21.3. The summed E-state index contributed by atoms with van der Waals surface area (Å²) in [6, 6.07) is 9.22. The van der Waals surface area contributed by atoms with Crippen LogP contribution in [0, 0.1) is 5.92 Å². The fourth-order valence-corrected chi connectivity index (χ4v) is 3.51. The first-order valence-electron chi connectivity index (χ1n) is 9.64. The number of fused-ring (bicyclic) bond motifs is 1. The maximum Gasteiger partial charge on any atom is 0.422 e. The minimum atomic E-state index is -4.39. The standard InChI is InChI=1S/C21H21F3N4O2/c1-28-18-8-14(3-4-15(18)11-27-28)16-9-17(16)20(29)25-7-6-13-2-5-19(26-10-13)30-12-21(22,23)24/h2-5,8,10-11,16-17H,6-7,9,12H2,1H3,(H,25,29). The number of hydrogen-bond acceptors (Lipinski definition) is 4. The molecule has 4 rings (SSSR count). The van der Waals surface area contributed by atoms with Crippen molar-refractivity contribution in [3.05, 3.63) is 53.9 Å². The van der Waals surface area contributed by atoms with E-state index in [9.17, 15) is 18.0 Å². The molecule has 6 nitrogen and oxygen atoms in total. The fourth-order valence-electron chi connectivity index (χ4n) is 3.51. The van der Waals surface area contributed by atoms with Crippen LogP contribution in [0.3, 0.4) is 0 Å². The number of hydrogen-bond donors (Lipinski definition) is 1. The molecular weight excluding hydrogens is 397 g/mol. The molecule has 9 heteroatoms. The number of rotatable bonds is 7. The lowest BCUT2D eigenvalue weighted by Crippen LogP contribution is -2.27. The Morgan fingerprint density at radius 2 is 2.10 bits per heavy atom. The molecule has 0 spiro atoms. The fraction of sp³-hybridized carbons (Fsp3) is 0.381. The molecule has 1 amide bonds. The SMILES string of the molecule is Cn1ncc2ccc(C3CC3C(=O)NCCc3ccc(OCC(F)(F)F)nc3)cc21. The van der Waals surface area contributed by atoms with Gasteiger partial charge in [0.1, 0.15) is 0 Å². The number of ether oxygens (including phenoxy) is 1. The van der Waals surface area contributed by atoms with Crippen molar-refractivity contribution in [2.45, 2.75) is 24.9 Å². The normalized spacial score (nSPS) is 18.4. The number of benzene rings is 1. The van der Waals surface area contributed by atoms with Gasteiger partial charge in [-0.3, -0.25) is 9.48 Å². The van der Waals surface area contributed by atoms with Gasteiger partial charge < -0.3 is 10.1 Å². The van der Waals surface area contributed by atoms with Gasteiger partial charge in [-0.05, 0) is 36.0 Å². The van der Waals surface area contributed by atoms with Crippen LogP contribution in [0.5, 0.6) is 5.88 Å². The van der Waals surface area contributed by atoms with Gasteiger partial charge in [-0.1, -0.05) is 18.2 Å². The molecule has 2 atom stereocenters. The van der Waals surface area contributed by atoms with Gasteiger partial charge in [0.25, 0.3) is 0 Å². The molecule has 1 aliphatic carbocycles. The van der Waals surface area contributed by atoms with Crippen LogP contribution in [0.4, 0.5) is 13.2 Å². The van der Waals surface area contributed by atoms with Gasteiger partial charge >= 0.3 is 6.18 Å². The molecule has 1 saturated carbocycles. The lowest BCUT2D eigenvalue weighted by atomic mass is 10.1. The summed E-state index contributed by atoms with van der Waals surface area (Å²) in [5, 5.41) is 8.25. The number of nitrogens with one attached hydrogen (secondary N) is 1. The minimum absolute atomic E-state index is 0.0168. The average Bonchev–Trinajstić information content (AvgIpc) is 3.44. The smallest absolute Gasteiger partial charge is 0.422 e. The molecule has 0 saturated heterocycles. The van der Waals surface area contributed by atoms with E-state index in [2.05, 4.69) is 32.3 Å². The summed E-state index contributed by atoms with van der Waals surface area (Å²) in [6.07, 6.45) is 0.244. The highest BCUT2D eigenvalue weighted by Gasteiger charge is 2.43. The lowest BCUT2D eigenvalue weighted by Gasteiger charge is -2.09. The third-order valence-electron chi connectivity index (χ3n) is 5.22. The van der Waals surface area contributed by atoms with E-state index in [1.165, 1.54) is 12.3 Å². The van der Waals surface area contributed by atoms with Crippen molar-refractivity contribution in [2.24, 2.45) is 13.0 Å². The van der Waals surface area contributed by atoms with Gasteiger partial charge in [0.05, 0.1) is 11.7 Å². The number of nitrogens with zero attached hydrogens (tertiary/aromatic N) is 3. The highest BCUT2D eigenvalue weighted by Crippen LogP contribution is 2.48. The maximum atomic E-state index is 12.4. The summed E-state index contributed by atoms with van der Waals surface area (Å²) in [5.74, 6) is 0.123. The average molecular weight is 418 g/mol. The summed E-state index contributed by atoms with van der Waals surface area (Å²) < 4.78 is 42.8. The van der Waals surface area contributed by atoms with Crippen LogP contribution in [0.2, 0.25) is 0 Å². The Bertz CT molecular complexity index is 1050. The van der Waals surface area contributed by atoms with Gasteiger partial charge in [0, 0.05) is 37.2 Å². The molecule has 0 aliphatic heterocycles. The van der Waals surface area contributed by atoms with E-state index in [1.807, 2.05) is 24.0 Å². The molecule has 30 heavy (non-hydrogen) atoms. The third-order valence-corrected chi connectivity index (χ3v) is 5.22. The first kappa shape index (κ1) is 20.2. The number of alkyl halides is 3. The molecule has 1 aromatic carbocycles. The summed E-state index contributed by atoms with van der Waals surface area (Å²) >= 11 is 0. The van der Waals surface area contributed by atoms with Crippen LogP contribution >= 0.6 is 0 Å². The maximum absolute atomic E-state index is 12.4. The Morgan fingerprint density at radius 1 is 1.27 bits per heavy atom. The van der Waals surface area contributed by atoms with Crippen molar-refractivity contribution in [3.8, 4) is 5.88 Å². The van der Waals surface area contributed by atoms with E-state index in [-0.39, 0.29) is 23.6 Å². The summed E-state index contributed by atoms with van der Waals surface area (Å²) in [7, 11) is 1.90. The second-order valence-electron chi connectivity index (χ2n) is 7.48. The molecule has 158 valence electrons. The molecule has 1 fully saturated rings. The Kier molecular flexibility index (Phi) is 5.36. The van der Waals surface area contributed by atoms with Crippen LogP contribution in [0.25, 0.3) is 10.9 Å². The Morgan fingerprint density at radius 3 is 2.83 bits per heavy atom. The predicted molar refractivity (Wildman–Crippen MR) is 104 cm³/mol. The van der Waals surface area contributed by atoms with Crippen molar-refractivity contribution < 1.29 is 22.7 Å². The Hall–Kier alpha value is -3.10. The van der Waals surface area contributed by atoms with E-state index >= 15 is 0 Å². The van der Waals surface area contributed by atoms with E-state index in [0.29, 0.717) is 13.0 Å². The number of aromatic nitrogens is 3. The highest BCUT2D eigenvalue weighted by molar-refractivity contribution is 5.84. The van der Waals surface area contributed by atoms with E-state index in [4.69, 9.17) is 0 Å². The summed E-state index contributed by atoms with van der Waals surface area (Å²) in [6.45, 7) is -0.932. The molecule has 0 radical (unpaired) electrons. The second-order valence-corrected chi connectivity index (χ2v) is 7.48. The Balaban J connectivity index is 1.24. The molecule has 2 aromatic heterocycles.